The quantitative estimate of drug-likeness (QED) is 0.200. The molecule has 6 rings (SSSR count). The highest BCUT2D eigenvalue weighted by Gasteiger charge is 2.25. The molecular formula is C27H26N3+. The van der Waals surface area contributed by atoms with Crippen LogP contribution in [-0.4, -0.2) is 9.38 Å². The van der Waals surface area contributed by atoms with E-state index in [9.17, 15) is 0 Å². The number of hydrogen-bond donors (Lipinski definition) is 0. The summed E-state index contributed by atoms with van der Waals surface area (Å²) in [6.45, 7) is 9.07. The Morgan fingerprint density at radius 2 is 1.87 bits per heavy atom. The lowest BCUT2D eigenvalue weighted by molar-refractivity contribution is -0.643. The maximum atomic E-state index is 4.81. The summed E-state index contributed by atoms with van der Waals surface area (Å²) >= 11 is 0. The summed E-state index contributed by atoms with van der Waals surface area (Å²) in [6, 6.07) is 13.7. The number of benzene rings is 2. The van der Waals surface area contributed by atoms with Crippen LogP contribution < -0.4 is 4.57 Å². The van der Waals surface area contributed by atoms with Gasteiger partial charge in [0.05, 0.1) is 32.8 Å². The molecule has 0 saturated heterocycles. The fourth-order valence-electron chi connectivity index (χ4n) is 5.37. The molecule has 0 amide bonds. The molecule has 4 aromatic heterocycles. The minimum absolute atomic E-state index is 0.623. The van der Waals surface area contributed by atoms with Gasteiger partial charge in [0.15, 0.2) is 6.20 Å². The smallest absolute Gasteiger partial charge is 0.224 e. The molecule has 4 heterocycles. The van der Waals surface area contributed by atoms with Crippen molar-refractivity contribution in [2.75, 3.05) is 0 Å². The third kappa shape index (κ3) is 2.15. The molecule has 0 atom stereocenters. The van der Waals surface area contributed by atoms with Gasteiger partial charge in [-0.15, -0.1) is 0 Å². The van der Waals surface area contributed by atoms with Gasteiger partial charge >= 0.3 is 0 Å². The molecule has 0 aliphatic carbocycles. The Labute approximate surface area is 175 Å². The summed E-state index contributed by atoms with van der Waals surface area (Å²) in [5.74, 6) is 0.623. The van der Waals surface area contributed by atoms with Gasteiger partial charge in [-0.25, -0.2) is 4.57 Å². The molecular weight excluding hydrogens is 366 g/mol. The zero-order valence-electron chi connectivity index (χ0n) is 18.2. The fourth-order valence-corrected chi connectivity index (χ4v) is 5.37. The van der Waals surface area contributed by atoms with Gasteiger partial charge in [0.2, 0.25) is 5.52 Å². The van der Waals surface area contributed by atoms with E-state index in [0.717, 1.165) is 11.9 Å². The fraction of sp³-hybridized carbons (Fsp3) is 0.259. The van der Waals surface area contributed by atoms with E-state index >= 15 is 0 Å². The van der Waals surface area contributed by atoms with Gasteiger partial charge in [0.1, 0.15) is 7.05 Å². The number of fused-ring (bicyclic) bond motifs is 5. The topological polar surface area (TPSA) is 21.2 Å². The summed E-state index contributed by atoms with van der Waals surface area (Å²) in [4.78, 5) is 4.81. The number of aromatic nitrogens is 3. The van der Waals surface area contributed by atoms with Crippen LogP contribution in [0.25, 0.3) is 49.1 Å². The van der Waals surface area contributed by atoms with E-state index in [-0.39, 0.29) is 0 Å². The SMILES string of the molecule is Cc1cc2c3ncccc3n3c4cc(CC(C)C)cc5cc[n+](C)c(c(c1C)c23)c54. The Hall–Kier alpha value is -3.20. The van der Waals surface area contributed by atoms with Crippen LogP contribution in [0.5, 0.6) is 0 Å². The number of nitrogens with zero attached hydrogens (tertiary/aromatic N) is 3. The van der Waals surface area contributed by atoms with Gasteiger partial charge in [-0.1, -0.05) is 19.9 Å². The molecule has 0 radical (unpaired) electrons. The summed E-state index contributed by atoms with van der Waals surface area (Å²) < 4.78 is 4.77. The standard InChI is InChI=1S/C27H26N3/c1-15(2)11-18-13-19-8-10-29(5)27-23-17(4)16(3)12-20-25-21(7-6-9-28-25)30(26(20)23)22(14-18)24(19)27/h6-10,12-15H,11H2,1-5H3/q+1. The Morgan fingerprint density at radius 1 is 1.03 bits per heavy atom. The van der Waals surface area contributed by atoms with Crippen molar-refractivity contribution in [3.8, 4) is 0 Å². The molecule has 0 saturated carbocycles. The van der Waals surface area contributed by atoms with Crippen LogP contribution >= 0.6 is 0 Å². The molecule has 0 N–H and O–H groups in total. The molecule has 0 spiro atoms. The van der Waals surface area contributed by atoms with Gasteiger partial charge < -0.3 is 4.40 Å². The Kier molecular flexibility index (Phi) is 3.48. The van der Waals surface area contributed by atoms with Crippen molar-refractivity contribution in [3.05, 3.63) is 65.5 Å². The second-order valence-corrected chi connectivity index (χ2v) is 9.25. The molecule has 0 aliphatic rings. The molecule has 3 heteroatoms. The van der Waals surface area contributed by atoms with E-state index in [1.165, 1.54) is 60.3 Å². The second kappa shape index (κ2) is 5.91. The van der Waals surface area contributed by atoms with Crippen molar-refractivity contribution >= 4 is 49.1 Å². The van der Waals surface area contributed by atoms with Crippen molar-refractivity contribution in [1.29, 1.82) is 0 Å². The Morgan fingerprint density at radius 3 is 2.67 bits per heavy atom. The summed E-state index contributed by atoms with van der Waals surface area (Å²) in [5, 5.41) is 5.26. The average Bonchev–Trinajstić information content (AvgIpc) is 3.04. The molecule has 3 nitrogen and oxygen atoms in total. The molecule has 0 fully saturated rings. The molecule has 30 heavy (non-hydrogen) atoms. The van der Waals surface area contributed by atoms with E-state index in [2.05, 4.69) is 86.3 Å². The third-order valence-electron chi connectivity index (χ3n) is 6.72. The number of aryl methyl sites for hydroxylation is 3. The second-order valence-electron chi connectivity index (χ2n) is 9.25. The van der Waals surface area contributed by atoms with Crippen molar-refractivity contribution in [3.63, 3.8) is 0 Å². The van der Waals surface area contributed by atoms with Crippen LogP contribution in [0.2, 0.25) is 0 Å². The zero-order valence-corrected chi connectivity index (χ0v) is 18.2. The molecule has 6 aromatic rings. The van der Waals surface area contributed by atoms with Gasteiger partial charge in [-0.2, -0.15) is 0 Å². The highest BCUT2D eigenvalue weighted by molar-refractivity contribution is 6.25. The molecule has 0 bridgehead atoms. The first-order valence-electron chi connectivity index (χ1n) is 10.8. The Bertz CT molecular complexity index is 1620. The first kappa shape index (κ1) is 17.6. The van der Waals surface area contributed by atoms with Gasteiger partial charge in [0.25, 0.3) is 0 Å². The van der Waals surface area contributed by atoms with Crippen LogP contribution in [0.15, 0.2) is 48.8 Å². The summed E-state index contributed by atoms with van der Waals surface area (Å²) in [7, 11) is 2.17. The maximum absolute atomic E-state index is 4.81. The van der Waals surface area contributed by atoms with Crippen LogP contribution in [-0.2, 0) is 13.5 Å². The van der Waals surface area contributed by atoms with Crippen molar-refractivity contribution in [2.45, 2.75) is 34.1 Å². The molecule has 0 unspecified atom stereocenters. The monoisotopic (exact) mass is 392 g/mol. The van der Waals surface area contributed by atoms with Crippen molar-refractivity contribution in [1.82, 2.24) is 9.38 Å². The lowest BCUT2D eigenvalue weighted by Gasteiger charge is -2.15. The summed E-state index contributed by atoms with van der Waals surface area (Å²) in [5.41, 5.74) is 10.3. The number of rotatable bonds is 2. The maximum Gasteiger partial charge on any atom is 0.224 e. The van der Waals surface area contributed by atoms with E-state index in [1.54, 1.807) is 0 Å². The normalized spacial score (nSPS) is 12.6. The first-order valence-corrected chi connectivity index (χ1v) is 10.8. The predicted octanol–water partition coefficient (Wildman–Crippen LogP) is 6.02. The molecule has 2 aromatic carbocycles. The summed E-state index contributed by atoms with van der Waals surface area (Å²) in [6.07, 6.45) is 5.21. The van der Waals surface area contributed by atoms with Gasteiger partial charge in [-0.05, 0) is 72.5 Å². The lowest BCUT2D eigenvalue weighted by Crippen LogP contribution is -2.29. The minimum Gasteiger partial charge on any atom is -0.306 e. The highest BCUT2D eigenvalue weighted by Crippen LogP contribution is 2.41. The largest absolute Gasteiger partial charge is 0.306 e. The first-order chi connectivity index (χ1) is 14.5. The van der Waals surface area contributed by atoms with Crippen LogP contribution in [0, 0.1) is 19.8 Å². The molecule has 0 aliphatic heterocycles. The molecule has 148 valence electrons. The predicted molar refractivity (Wildman–Crippen MR) is 126 cm³/mol. The van der Waals surface area contributed by atoms with Gasteiger partial charge in [0, 0.05) is 17.6 Å². The van der Waals surface area contributed by atoms with Crippen LogP contribution in [0.1, 0.15) is 30.5 Å². The van der Waals surface area contributed by atoms with E-state index in [4.69, 9.17) is 4.98 Å². The van der Waals surface area contributed by atoms with E-state index in [0.29, 0.717) is 5.92 Å². The van der Waals surface area contributed by atoms with Crippen molar-refractivity contribution in [2.24, 2.45) is 13.0 Å². The third-order valence-corrected chi connectivity index (χ3v) is 6.72. The van der Waals surface area contributed by atoms with Crippen LogP contribution in [0.3, 0.4) is 0 Å². The lowest BCUT2D eigenvalue weighted by atomic mass is 9.94. The zero-order chi connectivity index (χ0) is 20.7. The van der Waals surface area contributed by atoms with E-state index in [1.807, 2.05) is 6.20 Å². The van der Waals surface area contributed by atoms with Gasteiger partial charge in [-0.3, -0.25) is 4.98 Å². The number of pyridine rings is 3. The minimum atomic E-state index is 0.623. The van der Waals surface area contributed by atoms with E-state index < -0.39 is 0 Å². The average molecular weight is 393 g/mol. The Balaban J connectivity index is 2.02. The van der Waals surface area contributed by atoms with Crippen molar-refractivity contribution < 1.29 is 4.57 Å². The van der Waals surface area contributed by atoms with Crippen LogP contribution in [0.4, 0.5) is 0 Å². The number of hydrogen-bond acceptors (Lipinski definition) is 1. The highest BCUT2D eigenvalue weighted by atomic mass is 15.0.